The zero-order valence-electron chi connectivity index (χ0n) is 17.8. The summed E-state index contributed by atoms with van der Waals surface area (Å²) >= 11 is 0. The summed E-state index contributed by atoms with van der Waals surface area (Å²) in [7, 11) is 0. The topological polar surface area (TPSA) is 85.1 Å². The van der Waals surface area contributed by atoms with Crippen molar-refractivity contribution < 1.29 is 18.0 Å². The fourth-order valence-corrected chi connectivity index (χ4v) is 3.65. The van der Waals surface area contributed by atoms with Gasteiger partial charge in [0.1, 0.15) is 5.82 Å². The van der Waals surface area contributed by atoms with E-state index in [0.717, 1.165) is 10.6 Å². The van der Waals surface area contributed by atoms with E-state index in [1.807, 2.05) is 0 Å². The highest BCUT2D eigenvalue weighted by molar-refractivity contribution is 5.94. The van der Waals surface area contributed by atoms with E-state index in [9.17, 15) is 9.18 Å². The average molecular weight is 462 g/mol. The van der Waals surface area contributed by atoms with E-state index in [2.05, 4.69) is 25.6 Å². The highest BCUT2D eigenvalue weighted by Gasteiger charge is 2.40. The largest absolute Gasteiger partial charge is 0.352 e. The van der Waals surface area contributed by atoms with Gasteiger partial charge in [-0.2, -0.15) is 18.4 Å². The van der Waals surface area contributed by atoms with Gasteiger partial charge in [0.15, 0.2) is 5.65 Å². The van der Waals surface area contributed by atoms with E-state index in [4.69, 9.17) is 0 Å². The summed E-state index contributed by atoms with van der Waals surface area (Å²) in [5.41, 5.74) is 0.827. The van der Waals surface area contributed by atoms with Gasteiger partial charge < -0.3 is 5.32 Å². The second-order valence-electron chi connectivity index (χ2n) is 7.55. The summed E-state index contributed by atoms with van der Waals surface area (Å²) in [5, 5.41) is 14.8. The number of carbonyl (C=O) groups excluding carboxylic acids is 1. The summed E-state index contributed by atoms with van der Waals surface area (Å²) in [6.07, 6.45) is 1.59. The molecule has 0 atom stereocenters. The molecule has 5 rings (SSSR count). The Morgan fingerprint density at radius 1 is 1.06 bits per heavy atom. The van der Waals surface area contributed by atoms with Gasteiger partial charge in [0, 0.05) is 29.3 Å². The Morgan fingerprint density at radius 2 is 1.91 bits per heavy atom. The smallest absolute Gasteiger partial charge is 0.333 e. The number of alkyl halides is 2. The Kier molecular flexibility index (Phi) is 5.20. The third-order valence-corrected chi connectivity index (χ3v) is 5.36. The molecule has 0 saturated heterocycles. The SMILES string of the molecule is CCNC(=O)c1ccc(-c2ccc3nnc(C(F)(F)c4ccc5ncccc5c4)n3n2)cc1F. The number of nitrogens with zero attached hydrogens (tertiary/aromatic N) is 5. The number of rotatable bonds is 5. The molecule has 10 heteroatoms. The molecule has 0 aliphatic heterocycles. The number of pyridine rings is 1. The van der Waals surface area contributed by atoms with Crippen molar-refractivity contribution in [2.75, 3.05) is 6.54 Å². The van der Waals surface area contributed by atoms with Crippen LogP contribution >= 0.6 is 0 Å². The first kappa shape index (κ1) is 21.5. The highest BCUT2D eigenvalue weighted by Crippen LogP contribution is 2.36. The van der Waals surface area contributed by atoms with Gasteiger partial charge in [0.25, 0.3) is 5.91 Å². The van der Waals surface area contributed by atoms with Gasteiger partial charge in [-0.25, -0.2) is 4.39 Å². The van der Waals surface area contributed by atoms with Crippen LogP contribution in [0.3, 0.4) is 0 Å². The monoisotopic (exact) mass is 462 g/mol. The second kappa shape index (κ2) is 8.22. The molecule has 1 amide bonds. The number of nitrogens with one attached hydrogen (secondary N) is 1. The fraction of sp³-hybridized carbons (Fsp3) is 0.125. The Balaban J connectivity index is 1.56. The second-order valence-corrected chi connectivity index (χ2v) is 7.55. The molecule has 0 unspecified atom stereocenters. The zero-order chi connectivity index (χ0) is 23.9. The van der Waals surface area contributed by atoms with Crippen LogP contribution in [0.4, 0.5) is 13.2 Å². The molecule has 5 aromatic rings. The lowest BCUT2D eigenvalue weighted by molar-refractivity contribution is 0.0307. The van der Waals surface area contributed by atoms with Crippen LogP contribution in [-0.4, -0.2) is 37.2 Å². The average Bonchev–Trinajstić information content (AvgIpc) is 3.28. The molecule has 0 aliphatic carbocycles. The molecule has 0 saturated carbocycles. The molecular formula is C24H17F3N6O. The van der Waals surface area contributed by atoms with Crippen LogP contribution in [0.25, 0.3) is 27.8 Å². The van der Waals surface area contributed by atoms with Crippen LogP contribution < -0.4 is 5.32 Å². The minimum Gasteiger partial charge on any atom is -0.352 e. The molecule has 170 valence electrons. The summed E-state index contributed by atoms with van der Waals surface area (Å²) in [4.78, 5) is 16.1. The molecule has 3 heterocycles. The van der Waals surface area contributed by atoms with Crippen molar-refractivity contribution >= 4 is 22.5 Å². The van der Waals surface area contributed by atoms with Crippen molar-refractivity contribution in [3.63, 3.8) is 0 Å². The van der Waals surface area contributed by atoms with Gasteiger partial charge in [-0.15, -0.1) is 10.2 Å². The molecule has 2 aromatic carbocycles. The van der Waals surface area contributed by atoms with Gasteiger partial charge >= 0.3 is 5.92 Å². The molecule has 0 bridgehead atoms. The third-order valence-electron chi connectivity index (χ3n) is 5.36. The third kappa shape index (κ3) is 3.62. The van der Waals surface area contributed by atoms with E-state index in [-0.39, 0.29) is 22.5 Å². The van der Waals surface area contributed by atoms with Crippen molar-refractivity contribution in [2.45, 2.75) is 12.8 Å². The van der Waals surface area contributed by atoms with E-state index in [0.29, 0.717) is 23.0 Å². The number of benzene rings is 2. The number of carbonyl (C=O) groups is 1. The van der Waals surface area contributed by atoms with Gasteiger partial charge in [-0.1, -0.05) is 18.2 Å². The minimum absolute atomic E-state index is 0.111. The van der Waals surface area contributed by atoms with Gasteiger partial charge in [-0.3, -0.25) is 9.78 Å². The van der Waals surface area contributed by atoms with Crippen LogP contribution in [0.5, 0.6) is 0 Å². The molecule has 3 aromatic heterocycles. The quantitative estimate of drug-likeness (QED) is 0.419. The number of hydrogen-bond donors (Lipinski definition) is 1. The lowest BCUT2D eigenvalue weighted by atomic mass is 10.0. The maximum atomic E-state index is 15.5. The zero-order valence-corrected chi connectivity index (χ0v) is 17.8. The van der Waals surface area contributed by atoms with Crippen molar-refractivity contribution in [1.29, 1.82) is 0 Å². The number of amides is 1. The minimum atomic E-state index is -3.51. The Bertz CT molecular complexity index is 1550. The number of hydrogen-bond acceptors (Lipinski definition) is 5. The Morgan fingerprint density at radius 3 is 2.71 bits per heavy atom. The van der Waals surface area contributed by atoms with Gasteiger partial charge in [0.2, 0.25) is 5.82 Å². The molecule has 0 radical (unpaired) electrons. The molecule has 1 N–H and O–H groups in total. The first-order valence-corrected chi connectivity index (χ1v) is 10.4. The van der Waals surface area contributed by atoms with Crippen molar-refractivity contribution in [2.24, 2.45) is 0 Å². The first-order chi connectivity index (χ1) is 16.4. The predicted molar refractivity (Wildman–Crippen MR) is 119 cm³/mol. The standard InChI is InChI=1S/C24H17F3N6O/c1-2-28-22(34)17-7-5-15(13-18(17)25)20-9-10-21-30-31-23(33(21)32-20)24(26,27)16-6-8-19-14(12-16)4-3-11-29-19/h3-13H,2H2,1H3,(H,28,34). The predicted octanol–water partition coefficient (Wildman–Crippen LogP) is 4.37. The van der Waals surface area contributed by atoms with Crippen LogP contribution in [0.2, 0.25) is 0 Å². The van der Waals surface area contributed by atoms with E-state index < -0.39 is 23.5 Å². The van der Waals surface area contributed by atoms with E-state index >= 15 is 8.78 Å². The van der Waals surface area contributed by atoms with Crippen LogP contribution in [0, 0.1) is 5.82 Å². The maximum absolute atomic E-state index is 15.5. The summed E-state index contributed by atoms with van der Waals surface area (Å²) in [6, 6.07) is 14.5. The molecule has 34 heavy (non-hydrogen) atoms. The number of halogens is 3. The van der Waals surface area contributed by atoms with Crippen molar-refractivity contribution in [3.05, 3.63) is 89.6 Å². The van der Waals surface area contributed by atoms with Crippen LogP contribution in [-0.2, 0) is 5.92 Å². The Hall–Kier alpha value is -4.34. The van der Waals surface area contributed by atoms with Crippen molar-refractivity contribution in [3.8, 4) is 11.3 Å². The van der Waals surface area contributed by atoms with Crippen LogP contribution in [0.1, 0.15) is 28.7 Å². The summed E-state index contributed by atoms with van der Waals surface area (Å²) in [6.45, 7) is 2.08. The Labute approximate surface area is 191 Å². The number of aromatic nitrogens is 5. The van der Waals surface area contributed by atoms with Crippen LogP contribution in [0.15, 0.2) is 66.9 Å². The molecule has 0 spiro atoms. The lowest BCUT2D eigenvalue weighted by Gasteiger charge is -2.15. The maximum Gasteiger partial charge on any atom is 0.333 e. The fourth-order valence-electron chi connectivity index (χ4n) is 3.65. The first-order valence-electron chi connectivity index (χ1n) is 10.4. The van der Waals surface area contributed by atoms with Gasteiger partial charge in [0.05, 0.1) is 16.8 Å². The summed E-state index contributed by atoms with van der Waals surface area (Å²) < 4.78 is 46.5. The van der Waals surface area contributed by atoms with Gasteiger partial charge in [-0.05, 0) is 49.4 Å². The van der Waals surface area contributed by atoms with E-state index in [1.54, 1.807) is 25.3 Å². The number of fused-ring (bicyclic) bond motifs is 2. The lowest BCUT2D eigenvalue weighted by Crippen LogP contribution is -2.23. The van der Waals surface area contributed by atoms with E-state index in [1.165, 1.54) is 42.5 Å². The molecule has 0 aliphatic rings. The highest BCUT2D eigenvalue weighted by atomic mass is 19.3. The summed E-state index contributed by atoms with van der Waals surface area (Å²) in [5.74, 6) is -5.47. The molecule has 0 fully saturated rings. The molecular weight excluding hydrogens is 445 g/mol. The molecule has 7 nitrogen and oxygen atoms in total. The van der Waals surface area contributed by atoms with Crippen molar-refractivity contribution in [1.82, 2.24) is 30.1 Å². The normalized spacial score (nSPS) is 11.8.